The number of halogens is 7. The summed E-state index contributed by atoms with van der Waals surface area (Å²) in [6, 6.07) is 3.55. The van der Waals surface area contributed by atoms with E-state index < -0.39 is 11.7 Å². The van der Waals surface area contributed by atoms with E-state index in [1.807, 2.05) is 6.07 Å². The van der Waals surface area contributed by atoms with Crippen LogP contribution in [0.4, 0.5) is 13.2 Å². The number of hydrogen-bond acceptors (Lipinski definition) is 3. The minimum atomic E-state index is -4.56. The van der Waals surface area contributed by atoms with E-state index in [0.717, 1.165) is 18.6 Å². The Morgan fingerprint density at radius 3 is 2.22 bits per heavy atom. The Bertz CT molecular complexity index is 871. The zero-order valence-corrected chi connectivity index (χ0v) is 18.3. The number of hydrogen-bond donors (Lipinski definition) is 1. The summed E-state index contributed by atoms with van der Waals surface area (Å²) in [4.78, 5) is 0. The molecule has 4 nitrogen and oxygen atoms in total. The molecule has 0 radical (unpaired) electrons. The zero-order chi connectivity index (χ0) is 20.6. The van der Waals surface area contributed by atoms with Gasteiger partial charge in [-0.25, -0.2) is 4.68 Å². The summed E-state index contributed by atoms with van der Waals surface area (Å²) in [7, 11) is 0. The Kier molecular flexibility index (Phi) is 6.91. The molecular formula is C16H12Br2Cl2F3N3O. The number of rotatable bonds is 2. The normalized spacial score (nSPS) is 17.7. The first kappa shape index (κ1) is 22.5. The van der Waals surface area contributed by atoms with Gasteiger partial charge in [-0.15, -0.1) is 0 Å². The molecule has 1 aliphatic carbocycles. The standard InChI is InChI=1S/C14H6Br2Cl2F3N3.C2H6O/c15-13(16)3-8(13)7-5-24(23-11(7)4-22)12-9(17)1-6(2-10(12)18)14(19,20)21;1-2-3/h1-2,5,8H,3H2;3H,2H2,1H3. The minimum absolute atomic E-state index is 0.0212. The number of alkyl halides is 5. The molecule has 0 amide bonds. The third kappa shape index (κ3) is 4.98. The van der Waals surface area contributed by atoms with E-state index >= 15 is 0 Å². The third-order valence-corrected chi connectivity index (χ3v) is 5.95. The second-order valence-corrected chi connectivity index (χ2v) is 10.3. The van der Waals surface area contributed by atoms with Crippen LogP contribution in [-0.4, -0.2) is 24.7 Å². The quantitative estimate of drug-likeness (QED) is 0.465. The molecule has 2 aromatic rings. The molecule has 0 saturated heterocycles. The highest BCUT2D eigenvalue weighted by Gasteiger charge is 2.53. The SMILES string of the molecule is CCO.N#Cc1nn(-c2c(Cl)cc(C(F)(F)F)cc2Cl)cc1C1CC1(Br)Br. The van der Waals surface area contributed by atoms with E-state index in [1.54, 1.807) is 13.1 Å². The van der Waals surface area contributed by atoms with Crippen molar-refractivity contribution in [3.05, 3.63) is 45.2 Å². The second-order valence-electron chi connectivity index (χ2n) is 5.61. The first-order chi connectivity index (χ1) is 12.5. The molecule has 1 unspecified atom stereocenters. The summed E-state index contributed by atoms with van der Waals surface area (Å²) in [5.41, 5.74) is -0.00757. The highest BCUT2D eigenvalue weighted by atomic mass is 79.9. The van der Waals surface area contributed by atoms with Crippen molar-refractivity contribution in [1.82, 2.24) is 9.78 Å². The van der Waals surface area contributed by atoms with Crippen LogP contribution in [0.25, 0.3) is 5.69 Å². The van der Waals surface area contributed by atoms with Crippen LogP contribution in [-0.2, 0) is 6.18 Å². The maximum Gasteiger partial charge on any atom is 0.416 e. The van der Waals surface area contributed by atoms with Gasteiger partial charge in [-0.05, 0) is 25.5 Å². The van der Waals surface area contributed by atoms with Crippen molar-refractivity contribution >= 4 is 55.1 Å². The van der Waals surface area contributed by atoms with Crippen molar-refractivity contribution in [3.8, 4) is 11.8 Å². The van der Waals surface area contributed by atoms with Crippen LogP contribution in [0, 0.1) is 11.3 Å². The minimum Gasteiger partial charge on any atom is -0.397 e. The van der Waals surface area contributed by atoms with Gasteiger partial charge in [0.2, 0.25) is 0 Å². The number of nitrogens with zero attached hydrogens (tertiary/aromatic N) is 3. The lowest BCUT2D eigenvalue weighted by Gasteiger charge is -2.12. The third-order valence-electron chi connectivity index (χ3n) is 3.62. The molecule has 11 heteroatoms. The van der Waals surface area contributed by atoms with Crippen LogP contribution in [0.15, 0.2) is 18.3 Å². The summed E-state index contributed by atoms with van der Waals surface area (Å²) < 4.78 is 39.4. The van der Waals surface area contributed by atoms with E-state index in [4.69, 9.17) is 28.3 Å². The van der Waals surface area contributed by atoms with Gasteiger partial charge in [-0.1, -0.05) is 55.1 Å². The fourth-order valence-electron chi connectivity index (χ4n) is 2.34. The Hall–Kier alpha value is -0.790. The molecule has 1 atom stereocenters. The molecular weight excluding hydrogens is 538 g/mol. The van der Waals surface area contributed by atoms with Crippen molar-refractivity contribution in [1.29, 1.82) is 5.26 Å². The molecule has 0 spiro atoms. The number of aliphatic hydroxyl groups excluding tert-OH is 1. The van der Waals surface area contributed by atoms with E-state index in [-0.39, 0.29) is 37.2 Å². The molecule has 0 aliphatic heterocycles. The highest BCUT2D eigenvalue weighted by molar-refractivity contribution is 9.25. The van der Waals surface area contributed by atoms with Gasteiger partial charge >= 0.3 is 6.18 Å². The van der Waals surface area contributed by atoms with E-state index in [9.17, 15) is 18.4 Å². The molecule has 1 N–H and O–H groups in total. The maximum absolute atomic E-state index is 12.8. The molecule has 1 aliphatic rings. The van der Waals surface area contributed by atoms with Crippen LogP contribution in [0.2, 0.25) is 10.0 Å². The average Bonchev–Trinajstić information content (AvgIpc) is 2.99. The van der Waals surface area contributed by atoms with Gasteiger partial charge in [0.15, 0.2) is 5.69 Å². The molecule has 1 saturated carbocycles. The summed E-state index contributed by atoms with van der Waals surface area (Å²) >= 11 is 18.9. The van der Waals surface area contributed by atoms with Gasteiger partial charge in [0, 0.05) is 24.3 Å². The summed E-state index contributed by atoms with van der Waals surface area (Å²) in [5, 5.41) is 20.5. The molecule has 27 heavy (non-hydrogen) atoms. The first-order valence-corrected chi connectivity index (χ1v) is 9.85. The Morgan fingerprint density at radius 2 is 1.85 bits per heavy atom. The van der Waals surface area contributed by atoms with Crippen molar-refractivity contribution in [2.75, 3.05) is 6.61 Å². The van der Waals surface area contributed by atoms with Crippen molar-refractivity contribution < 1.29 is 18.3 Å². The summed E-state index contributed by atoms with van der Waals surface area (Å²) in [6.07, 6.45) is -2.24. The molecule has 0 bridgehead atoms. The first-order valence-electron chi connectivity index (χ1n) is 7.51. The van der Waals surface area contributed by atoms with Gasteiger partial charge in [0.25, 0.3) is 0 Å². The van der Waals surface area contributed by atoms with E-state index in [2.05, 4.69) is 37.0 Å². The Balaban J connectivity index is 0.000000817. The lowest BCUT2D eigenvalue weighted by Crippen LogP contribution is -2.07. The molecule has 146 valence electrons. The van der Waals surface area contributed by atoms with Crippen LogP contribution in [0.5, 0.6) is 0 Å². The molecule has 1 heterocycles. The van der Waals surface area contributed by atoms with Gasteiger partial charge in [-0.2, -0.15) is 23.5 Å². The van der Waals surface area contributed by atoms with Gasteiger partial charge in [-0.3, -0.25) is 0 Å². The fourth-order valence-corrected chi connectivity index (χ4v) is 4.14. The summed E-state index contributed by atoms with van der Waals surface area (Å²) in [5.74, 6) is 0.0212. The molecule has 1 aromatic heterocycles. The van der Waals surface area contributed by atoms with Crippen LogP contribution in [0.1, 0.15) is 36.1 Å². The largest absolute Gasteiger partial charge is 0.416 e. The maximum atomic E-state index is 12.8. The predicted octanol–water partition coefficient (Wildman–Crippen LogP) is 6.04. The van der Waals surface area contributed by atoms with E-state index in [1.165, 1.54) is 4.68 Å². The van der Waals surface area contributed by atoms with Gasteiger partial charge < -0.3 is 5.11 Å². The number of aromatic nitrogens is 2. The van der Waals surface area contributed by atoms with Crippen molar-refractivity contribution in [3.63, 3.8) is 0 Å². The Labute approximate surface area is 180 Å². The highest BCUT2D eigenvalue weighted by Crippen LogP contribution is 2.62. The number of benzene rings is 1. The number of aliphatic hydroxyl groups is 1. The predicted molar refractivity (Wildman–Crippen MR) is 104 cm³/mol. The lowest BCUT2D eigenvalue weighted by molar-refractivity contribution is -0.137. The van der Waals surface area contributed by atoms with Crippen molar-refractivity contribution in [2.24, 2.45) is 0 Å². The topological polar surface area (TPSA) is 61.8 Å². The lowest BCUT2D eigenvalue weighted by atomic mass is 10.1. The molecule has 1 aromatic carbocycles. The van der Waals surface area contributed by atoms with Crippen LogP contribution < -0.4 is 0 Å². The molecule has 3 rings (SSSR count). The van der Waals surface area contributed by atoms with Gasteiger partial charge in [0.1, 0.15) is 11.8 Å². The average molecular weight is 550 g/mol. The fraction of sp³-hybridized carbons (Fsp3) is 0.375. The van der Waals surface area contributed by atoms with Crippen molar-refractivity contribution in [2.45, 2.75) is 28.7 Å². The van der Waals surface area contributed by atoms with Crippen LogP contribution in [0.3, 0.4) is 0 Å². The Morgan fingerprint density at radius 1 is 1.37 bits per heavy atom. The van der Waals surface area contributed by atoms with Gasteiger partial charge in [0.05, 0.1) is 18.8 Å². The smallest absolute Gasteiger partial charge is 0.397 e. The summed E-state index contributed by atoms with van der Waals surface area (Å²) in [6.45, 7) is 1.93. The molecule has 1 fully saturated rings. The zero-order valence-electron chi connectivity index (χ0n) is 13.7. The monoisotopic (exact) mass is 547 g/mol. The number of nitriles is 1. The van der Waals surface area contributed by atoms with Crippen LogP contribution >= 0.6 is 55.1 Å². The van der Waals surface area contributed by atoms with E-state index in [0.29, 0.717) is 5.56 Å². The second kappa shape index (κ2) is 8.29.